The Kier molecular flexibility index (Phi) is 3.68. The second-order valence-corrected chi connectivity index (χ2v) is 4.51. The summed E-state index contributed by atoms with van der Waals surface area (Å²) >= 11 is 0. The number of fused-ring (bicyclic) bond motifs is 1. The van der Waals surface area contributed by atoms with Crippen LogP contribution in [0.25, 0.3) is 11.2 Å². The molecule has 0 saturated carbocycles. The largest absolute Gasteiger partial charge is 0.370 e. The van der Waals surface area contributed by atoms with E-state index in [1.54, 1.807) is 18.5 Å². The molecule has 0 aliphatic rings. The molecule has 0 radical (unpaired) electrons. The van der Waals surface area contributed by atoms with Gasteiger partial charge in [-0.2, -0.15) is 0 Å². The van der Waals surface area contributed by atoms with Crippen LogP contribution in [0.1, 0.15) is 5.56 Å². The maximum absolute atomic E-state index is 13.5. The molecule has 1 N–H and O–H groups in total. The summed E-state index contributed by atoms with van der Waals surface area (Å²) in [6.45, 7) is 0.487. The minimum atomic E-state index is -0.570. The number of hydrogen-bond donors (Lipinski definition) is 1. The summed E-state index contributed by atoms with van der Waals surface area (Å²) in [6, 6.07) is 7.20. The predicted octanol–water partition coefficient (Wildman–Crippen LogP) is 2.96. The van der Waals surface area contributed by atoms with Gasteiger partial charge in [0.1, 0.15) is 23.0 Å². The molecule has 6 heteroatoms. The minimum Gasteiger partial charge on any atom is -0.370 e. The molecule has 0 aliphatic heterocycles. The van der Waals surface area contributed by atoms with Crippen molar-refractivity contribution >= 4 is 17.0 Å². The summed E-state index contributed by atoms with van der Waals surface area (Å²) in [5, 5.41) is 3.09. The molecule has 0 bridgehead atoms. The lowest BCUT2D eigenvalue weighted by Crippen LogP contribution is -2.07. The number of hydrogen-bond acceptors (Lipinski definition) is 4. The van der Waals surface area contributed by atoms with Gasteiger partial charge in [-0.1, -0.05) is 6.07 Å². The molecule has 0 atom stereocenters. The zero-order chi connectivity index (χ0) is 14.7. The Morgan fingerprint density at radius 3 is 2.71 bits per heavy atom. The Morgan fingerprint density at radius 2 is 1.86 bits per heavy atom. The number of pyridine rings is 1. The van der Waals surface area contributed by atoms with Gasteiger partial charge in [0.25, 0.3) is 0 Å². The smallest absolute Gasteiger partial charge is 0.180 e. The van der Waals surface area contributed by atoms with Gasteiger partial charge in [0.2, 0.25) is 0 Å². The molecule has 2 aromatic heterocycles. The number of nitrogens with one attached hydrogen (secondary N) is 1. The summed E-state index contributed by atoms with van der Waals surface area (Å²) in [4.78, 5) is 12.6. The maximum Gasteiger partial charge on any atom is 0.180 e. The van der Waals surface area contributed by atoms with Crippen LogP contribution in [0.2, 0.25) is 0 Å². The van der Waals surface area contributed by atoms with Crippen LogP contribution in [0.5, 0.6) is 0 Å². The molecule has 21 heavy (non-hydrogen) atoms. The van der Waals surface area contributed by atoms with Crippen LogP contribution >= 0.6 is 0 Å². The van der Waals surface area contributed by atoms with E-state index in [0.29, 0.717) is 35.5 Å². The Labute approximate surface area is 119 Å². The fourth-order valence-corrected chi connectivity index (χ4v) is 2.00. The van der Waals surface area contributed by atoms with Gasteiger partial charge >= 0.3 is 0 Å². The van der Waals surface area contributed by atoms with E-state index < -0.39 is 11.6 Å². The molecule has 3 rings (SSSR count). The van der Waals surface area contributed by atoms with E-state index >= 15 is 0 Å². The predicted molar refractivity (Wildman–Crippen MR) is 75.9 cm³/mol. The lowest BCUT2D eigenvalue weighted by atomic mass is 10.1. The van der Waals surface area contributed by atoms with Crippen molar-refractivity contribution in [2.45, 2.75) is 6.42 Å². The summed E-state index contributed by atoms with van der Waals surface area (Å²) in [5.41, 5.74) is 1.73. The van der Waals surface area contributed by atoms with E-state index in [1.807, 2.05) is 6.07 Å². The van der Waals surface area contributed by atoms with Crippen LogP contribution in [0.4, 0.5) is 14.6 Å². The first-order valence-corrected chi connectivity index (χ1v) is 6.48. The van der Waals surface area contributed by atoms with Gasteiger partial charge in [-0.05, 0) is 30.2 Å². The highest BCUT2D eigenvalue weighted by Crippen LogP contribution is 2.12. The number of nitrogens with zero attached hydrogens (tertiary/aromatic N) is 3. The number of rotatable bonds is 4. The van der Waals surface area contributed by atoms with Crippen LogP contribution in [0.3, 0.4) is 0 Å². The summed E-state index contributed by atoms with van der Waals surface area (Å²) < 4.78 is 26.3. The Morgan fingerprint density at radius 1 is 1.00 bits per heavy atom. The van der Waals surface area contributed by atoms with Crippen molar-refractivity contribution in [3.05, 3.63) is 59.9 Å². The first kappa shape index (κ1) is 13.4. The third-order valence-corrected chi connectivity index (χ3v) is 3.05. The molecular weight excluding hydrogens is 274 g/mol. The topological polar surface area (TPSA) is 50.7 Å². The monoisotopic (exact) mass is 286 g/mol. The Bertz CT molecular complexity index is 776. The maximum atomic E-state index is 13.5. The zero-order valence-corrected chi connectivity index (χ0v) is 11.1. The van der Waals surface area contributed by atoms with Gasteiger partial charge in [-0.15, -0.1) is 0 Å². The van der Waals surface area contributed by atoms with Crippen LogP contribution in [0, 0.1) is 11.6 Å². The van der Waals surface area contributed by atoms with Gasteiger partial charge in [-0.3, -0.25) is 4.98 Å². The Hall–Kier alpha value is -2.63. The van der Waals surface area contributed by atoms with Crippen molar-refractivity contribution in [3.63, 3.8) is 0 Å². The van der Waals surface area contributed by atoms with Gasteiger partial charge < -0.3 is 5.32 Å². The number of aromatic nitrogens is 3. The van der Waals surface area contributed by atoms with E-state index in [2.05, 4.69) is 20.3 Å². The van der Waals surface area contributed by atoms with Crippen molar-refractivity contribution in [1.29, 1.82) is 0 Å². The van der Waals surface area contributed by atoms with Crippen LogP contribution in [-0.2, 0) is 6.42 Å². The van der Waals surface area contributed by atoms with Crippen molar-refractivity contribution in [2.24, 2.45) is 0 Å². The molecule has 1 aromatic carbocycles. The second-order valence-electron chi connectivity index (χ2n) is 4.51. The van der Waals surface area contributed by atoms with Crippen LogP contribution in [-0.4, -0.2) is 21.5 Å². The van der Waals surface area contributed by atoms with Crippen molar-refractivity contribution in [3.8, 4) is 0 Å². The molecule has 3 aromatic rings. The quantitative estimate of drug-likeness (QED) is 0.801. The number of anilines is 1. The fourth-order valence-electron chi connectivity index (χ4n) is 2.00. The van der Waals surface area contributed by atoms with Crippen molar-refractivity contribution in [1.82, 2.24) is 15.0 Å². The van der Waals surface area contributed by atoms with E-state index in [1.165, 1.54) is 12.1 Å². The standard InChI is InChI=1S/C15H12F2N4/c16-11-2-1-10(12(17)9-11)5-6-19-14-4-3-13-15(21-14)20-8-7-18-13/h1-4,7-9H,5-6H2,(H,19,20,21). The highest BCUT2D eigenvalue weighted by atomic mass is 19.1. The fraction of sp³-hybridized carbons (Fsp3) is 0.133. The molecule has 0 aliphatic carbocycles. The number of benzene rings is 1. The molecule has 0 fully saturated rings. The molecule has 0 saturated heterocycles. The molecule has 0 spiro atoms. The third kappa shape index (κ3) is 3.10. The van der Waals surface area contributed by atoms with E-state index in [-0.39, 0.29) is 0 Å². The van der Waals surface area contributed by atoms with E-state index in [4.69, 9.17) is 0 Å². The zero-order valence-electron chi connectivity index (χ0n) is 11.1. The number of halogens is 2. The van der Waals surface area contributed by atoms with Crippen LogP contribution in [0.15, 0.2) is 42.7 Å². The molecule has 0 unspecified atom stereocenters. The third-order valence-electron chi connectivity index (χ3n) is 3.05. The van der Waals surface area contributed by atoms with Crippen LogP contribution < -0.4 is 5.32 Å². The molecule has 2 heterocycles. The average Bonchev–Trinajstić information content (AvgIpc) is 2.49. The van der Waals surface area contributed by atoms with E-state index in [0.717, 1.165) is 6.07 Å². The normalized spacial score (nSPS) is 10.8. The van der Waals surface area contributed by atoms with Crippen molar-refractivity contribution < 1.29 is 8.78 Å². The van der Waals surface area contributed by atoms with Gasteiger partial charge in [0.15, 0.2) is 5.65 Å². The Balaban J connectivity index is 1.66. The highest BCUT2D eigenvalue weighted by molar-refractivity contribution is 5.71. The summed E-state index contributed by atoms with van der Waals surface area (Å²) in [5.74, 6) is -0.460. The minimum absolute atomic E-state index is 0.437. The molecular formula is C15H12F2N4. The lowest BCUT2D eigenvalue weighted by molar-refractivity contribution is 0.572. The molecule has 106 valence electrons. The molecule has 4 nitrogen and oxygen atoms in total. The van der Waals surface area contributed by atoms with Gasteiger partial charge in [0.05, 0.1) is 0 Å². The summed E-state index contributed by atoms with van der Waals surface area (Å²) in [7, 11) is 0. The van der Waals surface area contributed by atoms with E-state index in [9.17, 15) is 8.78 Å². The second kappa shape index (κ2) is 5.78. The summed E-state index contributed by atoms with van der Waals surface area (Å²) in [6.07, 6.45) is 3.62. The first-order valence-electron chi connectivity index (χ1n) is 6.48. The van der Waals surface area contributed by atoms with Gasteiger partial charge in [-0.25, -0.2) is 18.7 Å². The molecule has 0 amide bonds. The van der Waals surface area contributed by atoms with Gasteiger partial charge in [0, 0.05) is 25.0 Å². The van der Waals surface area contributed by atoms with Crippen molar-refractivity contribution in [2.75, 3.05) is 11.9 Å². The first-order chi connectivity index (χ1) is 10.2. The SMILES string of the molecule is Fc1ccc(CCNc2ccc3nccnc3n2)c(F)c1. The average molecular weight is 286 g/mol. The lowest BCUT2D eigenvalue weighted by Gasteiger charge is -2.07. The highest BCUT2D eigenvalue weighted by Gasteiger charge is 2.04.